The van der Waals surface area contributed by atoms with Crippen molar-refractivity contribution >= 4 is 6.03 Å². The summed E-state index contributed by atoms with van der Waals surface area (Å²) in [4.78, 5) is 28.9. The molecule has 5 aliphatic rings. The molecule has 3 saturated carbocycles. The summed E-state index contributed by atoms with van der Waals surface area (Å²) >= 11 is 0. The number of hydrogen-bond donors (Lipinski definition) is 1. The molecule has 1 saturated heterocycles. The van der Waals surface area contributed by atoms with Gasteiger partial charge in [-0.25, -0.2) is 9.59 Å². The topological polar surface area (TPSA) is 75.0 Å². The van der Waals surface area contributed by atoms with E-state index in [1.54, 1.807) is 17.9 Å². The van der Waals surface area contributed by atoms with Crippen LogP contribution in [0.1, 0.15) is 76.7 Å². The molecule has 6 rings (SSSR count). The smallest absolute Gasteiger partial charge is 0.335 e. The zero-order valence-electron chi connectivity index (χ0n) is 24.1. The van der Waals surface area contributed by atoms with Gasteiger partial charge in [0.05, 0.1) is 19.5 Å². The van der Waals surface area contributed by atoms with Crippen LogP contribution >= 0.6 is 0 Å². The molecular formula is C32H47N3O4. The molecule has 4 aliphatic carbocycles. The van der Waals surface area contributed by atoms with Gasteiger partial charge in [0.25, 0.3) is 0 Å². The second-order valence-corrected chi connectivity index (χ2v) is 13.5. The van der Waals surface area contributed by atoms with Crippen LogP contribution in [0.3, 0.4) is 0 Å². The average molecular weight is 538 g/mol. The summed E-state index contributed by atoms with van der Waals surface area (Å²) in [7, 11) is 2.00. The summed E-state index contributed by atoms with van der Waals surface area (Å²) in [6.07, 6.45) is 13.8. The van der Waals surface area contributed by atoms with Gasteiger partial charge in [0.15, 0.2) is 0 Å². The molecule has 1 aromatic heterocycles. The highest BCUT2D eigenvalue weighted by atomic mass is 16.5. The fourth-order valence-corrected chi connectivity index (χ4v) is 9.42. The number of carbonyl (C=O) groups excluding carboxylic acids is 1. The molecule has 7 atom stereocenters. The Bertz CT molecular complexity index is 1120. The number of ether oxygens (including phenoxy) is 1. The quantitative estimate of drug-likeness (QED) is 0.534. The average Bonchev–Trinajstić information content (AvgIpc) is 3.30. The monoisotopic (exact) mass is 537 g/mol. The minimum atomic E-state index is -0.267. The third-order valence-electron chi connectivity index (χ3n) is 11.8. The van der Waals surface area contributed by atoms with Crippen molar-refractivity contribution in [1.29, 1.82) is 0 Å². The highest BCUT2D eigenvalue weighted by molar-refractivity contribution is 5.74. The number of amides is 2. The molecule has 1 aliphatic heterocycles. The number of nitrogens with zero attached hydrogens (tertiary/aromatic N) is 2. The van der Waals surface area contributed by atoms with E-state index in [1.807, 2.05) is 18.0 Å². The largest absolute Gasteiger partial charge is 0.431 e. The van der Waals surface area contributed by atoms with Crippen molar-refractivity contribution in [2.75, 3.05) is 46.4 Å². The lowest BCUT2D eigenvalue weighted by Crippen LogP contribution is -2.55. The fraction of sp³-hybridized carbons (Fsp3) is 0.750. The molecule has 2 amide bonds. The molecule has 0 aromatic carbocycles. The van der Waals surface area contributed by atoms with Crippen LogP contribution in [-0.4, -0.2) is 68.3 Å². The van der Waals surface area contributed by atoms with E-state index in [1.165, 1.54) is 37.7 Å². The first-order valence-electron chi connectivity index (χ1n) is 15.4. The fourth-order valence-electron chi connectivity index (χ4n) is 9.42. The predicted octanol–water partition coefficient (Wildman–Crippen LogP) is 5.03. The number of hydrogen-bond acceptors (Lipinski definition) is 5. The van der Waals surface area contributed by atoms with Crippen molar-refractivity contribution < 1.29 is 13.9 Å². The molecule has 1 N–H and O–H groups in total. The van der Waals surface area contributed by atoms with E-state index in [9.17, 15) is 9.59 Å². The zero-order valence-corrected chi connectivity index (χ0v) is 24.1. The van der Waals surface area contributed by atoms with E-state index >= 15 is 0 Å². The maximum absolute atomic E-state index is 13.0. The number of fused-ring (bicyclic) bond motifs is 5. The molecule has 39 heavy (non-hydrogen) atoms. The molecule has 7 heteroatoms. The van der Waals surface area contributed by atoms with Gasteiger partial charge in [-0.3, -0.25) is 4.90 Å². The second kappa shape index (κ2) is 10.7. The maximum atomic E-state index is 13.0. The van der Waals surface area contributed by atoms with Crippen LogP contribution in [0.25, 0.3) is 0 Å². The normalized spacial score (nSPS) is 38.2. The van der Waals surface area contributed by atoms with Crippen LogP contribution in [0.2, 0.25) is 0 Å². The number of urea groups is 1. The Hall–Kier alpha value is -2.12. The third-order valence-corrected chi connectivity index (χ3v) is 11.8. The summed E-state index contributed by atoms with van der Waals surface area (Å²) in [5.41, 5.74) is 3.12. The lowest BCUT2D eigenvalue weighted by Gasteiger charge is -2.60. The Balaban J connectivity index is 1.07. The van der Waals surface area contributed by atoms with Crippen molar-refractivity contribution in [3.8, 4) is 0 Å². The zero-order chi connectivity index (χ0) is 27.2. The highest BCUT2D eigenvalue weighted by Crippen LogP contribution is 2.67. The summed E-state index contributed by atoms with van der Waals surface area (Å²) in [6, 6.07) is 3.98. The van der Waals surface area contributed by atoms with Crippen molar-refractivity contribution in [2.24, 2.45) is 28.6 Å². The maximum Gasteiger partial charge on any atom is 0.335 e. The number of rotatable bonds is 5. The third kappa shape index (κ3) is 4.88. The van der Waals surface area contributed by atoms with E-state index in [2.05, 4.69) is 30.1 Å². The van der Waals surface area contributed by atoms with Gasteiger partial charge in [0, 0.05) is 45.3 Å². The van der Waals surface area contributed by atoms with Gasteiger partial charge in [-0.1, -0.05) is 25.5 Å². The first-order valence-corrected chi connectivity index (χ1v) is 15.4. The first kappa shape index (κ1) is 27.1. The van der Waals surface area contributed by atoms with Crippen LogP contribution < -0.4 is 10.9 Å². The van der Waals surface area contributed by atoms with Gasteiger partial charge in [0.2, 0.25) is 0 Å². The van der Waals surface area contributed by atoms with Gasteiger partial charge in [-0.2, -0.15) is 0 Å². The van der Waals surface area contributed by atoms with E-state index in [0.717, 1.165) is 58.0 Å². The van der Waals surface area contributed by atoms with E-state index in [-0.39, 0.29) is 17.1 Å². The van der Waals surface area contributed by atoms with Crippen molar-refractivity contribution in [1.82, 2.24) is 15.1 Å². The van der Waals surface area contributed by atoms with Crippen molar-refractivity contribution in [3.05, 3.63) is 46.0 Å². The number of nitrogens with one attached hydrogen (secondary N) is 1. The molecule has 1 aromatic rings. The van der Waals surface area contributed by atoms with E-state index in [0.29, 0.717) is 35.8 Å². The Labute approximate surface area is 233 Å². The summed E-state index contributed by atoms with van der Waals surface area (Å²) < 4.78 is 10.7. The standard InChI is InChI=1S/C32H47N3O4/c1-31-12-10-24(34(3)30(37)33-14-15-35-16-18-38-19-17-35)20-23(31)5-6-25-27-8-7-26(22-4-9-29(36)39-21-22)32(27,2)13-11-28(25)31/h4,8-9,21,23-26,28H,5-7,10-20H2,1-3H3,(H,33,37)/t23-,24+,25+,26-,28+,31+,32-/m1/s1. The number of morpholine rings is 1. The van der Waals surface area contributed by atoms with Crippen LogP contribution in [-0.2, 0) is 4.74 Å². The lowest BCUT2D eigenvalue weighted by molar-refractivity contribution is -0.0670. The Kier molecular flexibility index (Phi) is 7.42. The SMILES string of the molecule is CN(C(=O)NCCN1CCOCC1)[C@H]1CC[C@@]2(C)[C@H](CC[C@H]3C4=CC[C@H](c5ccc(=O)oc5)[C@@]4(C)CC[C@@H]32)C1. The number of allylic oxidation sites excluding steroid dienone is 2. The van der Waals surface area contributed by atoms with Gasteiger partial charge in [-0.15, -0.1) is 0 Å². The highest BCUT2D eigenvalue weighted by Gasteiger charge is 2.58. The second-order valence-electron chi connectivity index (χ2n) is 13.5. The predicted molar refractivity (Wildman–Crippen MR) is 152 cm³/mol. The van der Waals surface area contributed by atoms with Gasteiger partial charge < -0.3 is 19.4 Å². The molecule has 2 heterocycles. The van der Waals surface area contributed by atoms with Crippen LogP contribution in [0.4, 0.5) is 4.79 Å². The van der Waals surface area contributed by atoms with Crippen molar-refractivity contribution in [3.63, 3.8) is 0 Å². The van der Waals surface area contributed by atoms with Crippen LogP contribution in [0.5, 0.6) is 0 Å². The molecule has 0 spiro atoms. The van der Waals surface area contributed by atoms with Crippen LogP contribution in [0.15, 0.2) is 39.3 Å². The Morgan fingerprint density at radius 2 is 1.95 bits per heavy atom. The molecule has 214 valence electrons. The van der Waals surface area contributed by atoms with Gasteiger partial charge in [0.1, 0.15) is 0 Å². The summed E-state index contributed by atoms with van der Waals surface area (Å²) in [6.45, 7) is 10.1. The molecular weight excluding hydrogens is 490 g/mol. The van der Waals surface area contributed by atoms with Gasteiger partial charge >= 0.3 is 11.7 Å². The minimum Gasteiger partial charge on any atom is -0.431 e. The van der Waals surface area contributed by atoms with Crippen molar-refractivity contribution in [2.45, 2.75) is 77.2 Å². The molecule has 0 bridgehead atoms. The van der Waals surface area contributed by atoms with E-state index < -0.39 is 0 Å². The molecule has 0 unspecified atom stereocenters. The van der Waals surface area contributed by atoms with Gasteiger partial charge in [-0.05, 0) is 97.5 Å². The first-order chi connectivity index (χ1) is 18.8. The molecule has 7 nitrogen and oxygen atoms in total. The summed E-state index contributed by atoms with van der Waals surface area (Å²) in [5.74, 6) is 2.50. The minimum absolute atomic E-state index is 0.0814. The Morgan fingerprint density at radius 3 is 2.72 bits per heavy atom. The van der Waals surface area contributed by atoms with E-state index in [4.69, 9.17) is 9.15 Å². The molecule has 0 radical (unpaired) electrons. The Morgan fingerprint density at radius 1 is 1.13 bits per heavy atom. The lowest BCUT2D eigenvalue weighted by atomic mass is 9.45. The summed E-state index contributed by atoms with van der Waals surface area (Å²) in [5, 5.41) is 3.18. The molecule has 4 fully saturated rings. The number of carbonyl (C=O) groups is 1. The van der Waals surface area contributed by atoms with Crippen LogP contribution in [0, 0.1) is 28.6 Å².